The van der Waals surface area contributed by atoms with Crippen LogP contribution in [-0.2, 0) is 11.3 Å². The van der Waals surface area contributed by atoms with Crippen molar-refractivity contribution in [3.63, 3.8) is 0 Å². The number of carbonyl (C=O) groups excluding carboxylic acids is 1. The van der Waals surface area contributed by atoms with E-state index < -0.39 is 0 Å². The SMILES string of the molecule is Cc1cn[nH]c1C1CCCCN1C(=O)Cn1cc(Cl)cn1. The van der Waals surface area contributed by atoms with Gasteiger partial charge in [0.15, 0.2) is 0 Å². The van der Waals surface area contributed by atoms with Crippen molar-refractivity contribution in [3.8, 4) is 0 Å². The van der Waals surface area contributed by atoms with Crippen molar-refractivity contribution in [2.75, 3.05) is 6.54 Å². The molecule has 1 atom stereocenters. The number of carbonyl (C=O) groups is 1. The maximum Gasteiger partial charge on any atom is 0.244 e. The monoisotopic (exact) mass is 307 g/mol. The van der Waals surface area contributed by atoms with E-state index in [1.807, 2.05) is 11.8 Å². The molecule has 0 aliphatic carbocycles. The summed E-state index contributed by atoms with van der Waals surface area (Å²) in [5.74, 6) is 0.0634. The van der Waals surface area contributed by atoms with E-state index in [9.17, 15) is 4.79 Å². The quantitative estimate of drug-likeness (QED) is 0.946. The highest BCUT2D eigenvalue weighted by Gasteiger charge is 2.30. The summed E-state index contributed by atoms with van der Waals surface area (Å²) in [6.07, 6.45) is 8.14. The molecule has 0 bridgehead atoms. The maximum absolute atomic E-state index is 12.6. The lowest BCUT2D eigenvalue weighted by molar-refractivity contribution is -0.136. The predicted octanol–water partition coefficient (Wildman–Crippen LogP) is 2.32. The molecule has 7 heteroatoms. The third-order valence-electron chi connectivity index (χ3n) is 3.92. The molecule has 0 aromatic carbocycles. The Morgan fingerprint density at radius 1 is 1.48 bits per heavy atom. The van der Waals surface area contributed by atoms with Crippen LogP contribution in [0.3, 0.4) is 0 Å². The second-order valence-electron chi connectivity index (χ2n) is 5.42. The minimum Gasteiger partial charge on any atom is -0.332 e. The standard InChI is InChI=1S/C14H18ClN5O/c1-10-6-16-18-14(10)12-4-2-3-5-20(12)13(21)9-19-8-11(15)7-17-19/h6-8,12H,2-5,9H2,1H3,(H,16,18). The Morgan fingerprint density at radius 2 is 2.33 bits per heavy atom. The van der Waals surface area contributed by atoms with Crippen LogP contribution in [0.1, 0.15) is 36.6 Å². The smallest absolute Gasteiger partial charge is 0.244 e. The fourth-order valence-corrected chi connectivity index (χ4v) is 3.03. The van der Waals surface area contributed by atoms with Gasteiger partial charge in [-0.3, -0.25) is 14.6 Å². The number of nitrogens with one attached hydrogen (secondary N) is 1. The average Bonchev–Trinajstić information content (AvgIpc) is 3.07. The van der Waals surface area contributed by atoms with Gasteiger partial charge in [0.25, 0.3) is 0 Å². The molecule has 1 fully saturated rings. The first-order chi connectivity index (χ1) is 10.1. The highest BCUT2D eigenvalue weighted by atomic mass is 35.5. The molecule has 112 valence electrons. The summed E-state index contributed by atoms with van der Waals surface area (Å²) in [4.78, 5) is 14.5. The van der Waals surface area contributed by atoms with Gasteiger partial charge in [-0.15, -0.1) is 0 Å². The summed E-state index contributed by atoms with van der Waals surface area (Å²) in [5.41, 5.74) is 2.14. The van der Waals surface area contributed by atoms with Crippen molar-refractivity contribution >= 4 is 17.5 Å². The first-order valence-electron chi connectivity index (χ1n) is 7.12. The van der Waals surface area contributed by atoms with Gasteiger partial charge in [-0.2, -0.15) is 10.2 Å². The Hall–Kier alpha value is -1.82. The fraction of sp³-hybridized carbons (Fsp3) is 0.500. The summed E-state index contributed by atoms with van der Waals surface area (Å²) in [6, 6.07) is 0.0831. The van der Waals surface area contributed by atoms with E-state index in [0.717, 1.165) is 37.1 Å². The molecule has 2 aromatic heterocycles. The van der Waals surface area contributed by atoms with E-state index in [2.05, 4.69) is 15.3 Å². The number of nitrogens with zero attached hydrogens (tertiary/aromatic N) is 4. The van der Waals surface area contributed by atoms with Gasteiger partial charge in [-0.1, -0.05) is 11.6 Å². The number of amides is 1. The lowest BCUT2D eigenvalue weighted by atomic mass is 9.97. The largest absolute Gasteiger partial charge is 0.332 e. The summed E-state index contributed by atoms with van der Waals surface area (Å²) < 4.78 is 1.58. The van der Waals surface area contributed by atoms with Crippen molar-refractivity contribution in [2.45, 2.75) is 38.8 Å². The number of aromatic nitrogens is 4. The molecular formula is C14H18ClN5O. The molecule has 1 aliphatic rings. The first-order valence-corrected chi connectivity index (χ1v) is 7.50. The molecule has 1 N–H and O–H groups in total. The highest BCUT2D eigenvalue weighted by Crippen LogP contribution is 2.31. The zero-order valence-electron chi connectivity index (χ0n) is 11.9. The molecule has 2 aromatic rings. The van der Waals surface area contributed by atoms with Crippen LogP contribution in [0, 0.1) is 6.92 Å². The maximum atomic E-state index is 12.6. The van der Waals surface area contributed by atoms with Crippen molar-refractivity contribution in [1.29, 1.82) is 0 Å². The zero-order valence-corrected chi connectivity index (χ0v) is 12.7. The van der Waals surface area contributed by atoms with E-state index in [4.69, 9.17) is 11.6 Å². The minimum absolute atomic E-state index is 0.0634. The molecule has 0 saturated carbocycles. The highest BCUT2D eigenvalue weighted by molar-refractivity contribution is 6.30. The minimum atomic E-state index is 0.0634. The molecule has 1 saturated heterocycles. The normalized spacial score (nSPS) is 19.0. The third-order valence-corrected chi connectivity index (χ3v) is 4.12. The van der Waals surface area contributed by atoms with E-state index in [1.165, 1.54) is 0 Å². The molecular weight excluding hydrogens is 290 g/mol. The summed E-state index contributed by atoms with van der Waals surface area (Å²) in [6.45, 7) is 3.01. The van der Waals surface area contributed by atoms with Gasteiger partial charge < -0.3 is 4.90 Å². The molecule has 0 spiro atoms. The zero-order chi connectivity index (χ0) is 14.8. The van der Waals surface area contributed by atoms with Crippen molar-refractivity contribution in [3.05, 3.63) is 34.9 Å². The number of H-pyrrole nitrogens is 1. The molecule has 1 unspecified atom stereocenters. The van der Waals surface area contributed by atoms with Gasteiger partial charge in [-0.25, -0.2) is 0 Å². The Bertz CT molecular complexity index is 635. The second kappa shape index (κ2) is 5.89. The number of hydrogen-bond acceptors (Lipinski definition) is 3. The van der Waals surface area contributed by atoms with E-state index in [1.54, 1.807) is 23.3 Å². The number of rotatable bonds is 3. The van der Waals surface area contributed by atoms with Crippen LogP contribution < -0.4 is 0 Å². The summed E-state index contributed by atoms with van der Waals surface area (Å²) >= 11 is 5.84. The number of hydrogen-bond donors (Lipinski definition) is 1. The van der Waals surface area contributed by atoms with Crippen LogP contribution in [-0.4, -0.2) is 37.3 Å². The molecule has 0 radical (unpaired) electrons. The van der Waals surface area contributed by atoms with Crippen LogP contribution >= 0.6 is 11.6 Å². The van der Waals surface area contributed by atoms with Crippen LogP contribution in [0.25, 0.3) is 0 Å². The Morgan fingerprint density at radius 3 is 3.00 bits per heavy atom. The summed E-state index contributed by atoms with van der Waals surface area (Å²) in [5, 5.41) is 11.7. The van der Waals surface area contributed by atoms with Gasteiger partial charge in [-0.05, 0) is 31.7 Å². The number of aryl methyl sites for hydroxylation is 1. The first kappa shape index (κ1) is 14.1. The molecule has 3 heterocycles. The number of likely N-dealkylation sites (tertiary alicyclic amines) is 1. The van der Waals surface area contributed by atoms with Crippen molar-refractivity contribution < 1.29 is 4.79 Å². The fourth-order valence-electron chi connectivity index (χ4n) is 2.88. The van der Waals surface area contributed by atoms with E-state index >= 15 is 0 Å². The lowest BCUT2D eigenvalue weighted by Gasteiger charge is -2.35. The third kappa shape index (κ3) is 2.95. The Kier molecular flexibility index (Phi) is 3.96. The molecule has 21 heavy (non-hydrogen) atoms. The van der Waals surface area contributed by atoms with Gasteiger partial charge in [0, 0.05) is 12.7 Å². The van der Waals surface area contributed by atoms with E-state index in [0.29, 0.717) is 5.02 Å². The Balaban J connectivity index is 1.77. The van der Waals surface area contributed by atoms with Crippen LogP contribution in [0.2, 0.25) is 5.02 Å². The summed E-state index contributed by atoms with van der Waals surface area (Å²) in [7, 11) is 0. The topological polar surface area (TPSA) is 66.8 Å². The van der Waals surface area contributed by atoms with Gasteiger partial charge in [0.05, 0.1) is 29.2 Å². The van der Waals surface area contributed by atoms with Crippen LogP contribution in [0.15, 0.2) is 18.6 Å². The van der Waals surface area contributed by atoms with Crippen molar-refractivity contribution in [1.82, 2.24) is 24.9 Å². The van der Waals surface area contributed by atoms with Crippen LogP contribution in [0.4, 0.5) is 0 Å². The molecule has 1 amide bonds. The predicted molar refractivity (Wildman–Crippen MR) is 78.9 cm³/mol. The molecule has 6 nitrogen and oxygen atoms in total. The van der Waals surface area contributed by atoms with Gasteiger partial charge in [0.2, 0.25) is 5.91 Å². The average molecular weight is 308 g/mol. The van der Waals surface area contributed by atoms with Crippen molar-refractivity contribution in [2.24, 2.45) is 0 Å². The lowest BCUT2D eigenvalue weighted by Crippen LogP contribution is -2.40. The molecule has 3 rings (SSSR count). The number of aromatic amines is 1. The number of halogens is 1. The van der Waals surface area contributed by atoms with Gasteiger partial charge in [0.1, 0.15) is 6.54 Å². The van der Waals surface area contributed by atoms with E-state index in [-0.39, 0.29) is 18.5 Å². The number of piperidine rings is 1. The molecule has 1 aliphatic heterocycles. The van der Waals surface area contributed by atoms with Gasteiger partial charge >= 0.3 is 0 Å². The second-order valence-corrected chi connectivity index (χ2v) is 5.86. The van der Waals surface area contributed by atoms with Crippen LogP contribution in [0.5, 0.6) is 0 Å². The Labute approximate surface area is 128 Å².